The smallest absolute Gasteiger partial charge is 0.0297 e. The minimum Gasteiger partial charge on any atom is -0.0649 e. The molecule has 0 aromatic heterocycles. The molecule has 0 N–H and O–H groups in total. The summed E-state index contributed by atoms with van der Waals surface area (Å²) in [5.74, 6) is 2.28. The fraction of sp³-hybridized carbons (Fsp3) is 1.00. The van der Waals surface area contributed by atoms with Crippen LogP contribution in [-0.4, -0.2) is 0 Å². The van der Waals surface area contributed by atoms with Gasteiger partial charge in [-0.05, 0) is 30.1 Å². The number of hydrogen-bond donors (Lipinski definition) is 0. The Morgan fingerprint density at radius 3 is 2.90 bits per heavy atom. The summed E-state index contributed by atoms with van der Waals surface area (Å²) < 4.78 is 0. The maximum atomic E-state index is 2.50. The summed E-state index contributed by atoms with van der Waals surface area (Å²) in [6, 6.07) is 0. The van der Waals surface area contributed by atoms with Gasteiger partial charge in [0.25, 0.3) is 0 Å². The van der Waals surface area contributed by atoms with Gasteiger partial charge in [-0.3, -0.25) is 0 Å². The minimum absolute atomic E-state index is 0.753. The molecule has 0 radical (unpaired) electrons. The second-order valence-electron chi connectivity index (χ2n) is 4.50. The average molecular weight is 138 g/mol. The van der Waals surface area contributed by atoms with Crippen LogP contribution >= 0.6 is 0 Å². The van der Waals surface area contributed by atoms with Crippen molar-refractivity contribution < 1.29 is 0 Å². The van der Waals surface area contributed by atoms with Crippen LogP contribution in [0.3, 0.4) is 0 Å². The second-order valence-corrected chi connectivity index (χ2v) is 4.50. The highest BCUT2D eigenvalue weighted by Gasteiger charge is 2.50. The van der Waals surface area contributed by atoms with Crippen molar-refractivity contribution in [3.05, 3.63) is 0 Å². The first-order valence-electron chi connectivity index (χ1n) is 4.76. The van der Waals surface area contributed by atoms with Crippen molar-refractivity contribution in [2.45, 2.75) is 46.0 Å². The predicted octanol–water partition coefficient (Wildman–Crippen LogP) is 3.22. The molecule has 0 heterocycles. The topological polar surface area (TPSA) is 0 Å². The molecule has 0 aliphatic heterocycles. The highest BCUT2D eigenvalue weighted by molar-refractivity contribution is 5.00. The maximum Gasteiger partial charge on any atom is -0.0297 e. The Labute approximate surface area is 64.0 Å². The summed E-state index contributed by atoms with van der Waals surface area (Å²) in [7, 11) is 0. The van der Waals surface area contributed by atoms with Crippen molar-refractivity contribution in [2.24, 2.45) is 17.3 Å². The fourth-order valence-corrected chi connectivity index (χ4v) is 2.81. The molecule has 0 bridgehead atoms. The van der Waals surface area contributed by atoms with Crippen LogP contribution in [0.15, 0.2) is 0 Å². The van der Waals surface area contributed by atoms with Gasteiger partial charge in [0.1, 0.15) is 0 Å². The van der Waals surface area contributed by atoms with Gasteiger partial charge in [0.15, 0.2) is 0 Å². The fourth-order valence-electron chi connectivity index (χ4n) is 2.81. The summed E-state index contributed by atoms with van der Waals surface area (Å²) in [4.78, 5) is 0. The Balaban J connectivity index is 2.07. The van der Waals surface area contributed by atoms with Crippen molar-refractivity contribution >= 4 is 0 Å². The van der Waals surface area contributed by atoms with Gasteiger partial charge in [0.2, 0.25) is 0 Å². The standard InChI is InChI=1S/C10H18/c1-3-10(2)6-4-5-8-7-9(8)10/h8-9H,3-7H2,1-2H3. The van der Waals surface area contributed by atoms with E-state index in [0.717, 1.165) is 17.3 Å². The van der Waals surface area contributed by atoms with E-state index in [1.54, 1.807) is 12.8 Å². The van der Waals surface area contributed by atoms with Gasteiger partial charge in [0, 0.05) is 0 Å². The molecule has 2 fully saturated rings. The molecule has 3 unspecified atom stereocenters. The van der Waals surface area contributed by atoms with Crippen LogP contribution in [0, 0.1) is 17.3 Å². The van der Waals surface area contributed by atoms with Crippen LogP contribution in [0.2, 0.25) is 0 Å². The van der Waals surface area contributed by atoms with Gasteiger partial charge >= 0.3 is 0 Å². The first-order valence-corrected chi connectivity index (χ1v) is 4.76. The molecule has 2 saturated carbocycles. The molecule has 10 heavy (non-hydrogen) atoms. The zero-order valence-electron chi connectivity index (χ0n) is 7.19. The van der Waals surface area contributed by atoms with Crippen molar-refractivity contribution in [1.29, 1.82) is 0 Å². The van der Waals surface area contributed by atoms with Gasteiger partial charge in [-0.2, -0.15) is 0 Å². The SMILES string of the molecule is CCC1(C)CCCC2CC21. The molecule has 2 rings (SSSR count). The molecule has 0 aromatic carbocycles. The van der Waals surface area contributed by atoms with E-state index in [9.17, 15) is 0 Å². The third kappa shape index (κ3) is 0.810. The van der Waals surface area contributed by atoms with Crippen molar-refractivity contribution in [3.63, 3.8) is 0 Å². The van der Waals surface area contributed by atoms with Crippen LogP contribution < -0.4 is 0 Å². The molecule has 3 atom stereocenters. The molecular formula is C10H18. The van der Waals surface area contributed by atoms with E-state index in [2.05, 4.69) is 13.8 Å². The van der Waals surface area contributed by atoms with E-state index in [4.69, 9.17) is 0 Å². The molecule has 0 saturated heterocycles. The molecule has 0 nitrogen and oxygen atoms in total. The summed E-state index contributed by atoms with van der Waals surface area (Å²) in [6.45, 7) is 4.86. The normalized spacial score (nSPS) is 52.2. The zero-order valence-corrected chi connectivity index (χ0v) is 7.19. The van der Waals surface area contributed by atoms with Gasteiger partial charge in [-0.25, -0.2) is 0 Å². The summed E-state index contributed by atoms with van der Waals surface area (Å²) >= 11 is 0. The lowest BCUT2D eigenvalue weighted by atomic mass is 9.73. The average Bonchev–Trinajstić information content (AvgIpc) is 2.68. The quantitative estimate of drug-likeness (QED) is 0.522. The highest BCUT2D eigenvalue weighted by atomic mass is 14.6. The van der Waals surface area contributed by atoms with Crippen LogP contribution in [0.4, 0.5) is 0 Å². The van der Waals surface area contributed by atoms with E-state index < -0.39 is 0 Å². The molecule has 0 aromatic rings. The third-order valence-electron chi connectivity index (χ3n) is 3.95. The Morgan fingerprint density at radius 2 is 2.30 bits per heavy atom. The van der Waals surface area contributed by atoms with Crippen LogP contribution in [0.5, 0.6) is 0 Å². The molecule has 0 spiro atoms. The van der Waals surface area contributed by atoms with E-state index in [-0.39, 0.29) is 0 Å². The van der Waals surface area contributed by atoms with E-state index >= 15 is 0 Å². The largest absolute Gasteiger partial charge is 0.0649 e. The van der Waals surface area contributed by atoms with E-state index in [0.29, 0.717) is 0 Å². The predicted molar refractivity (Wildman–Crippen MR) is 43.8 cm³/mol. The van der Waals surface area contributed by atoms with Crippen molar-refractivity contribution in [3.8, 4) is 0 Å². The van der Waals surface area contributed by atoms with Crippen LogP contribution in [-0.2, 0) is 0 Å². The van der Waals surface area contributed by atoms with E-state index in [1.165, 1.54) is 19.3 Å². The third-order valence-corrected chi connectivity index (χ3v) is 3.95. The van der Waals surface area contributed by atoms with Crippen LogP contribution in [0.1, 0.15) is 46.0 Å². The van der Waals surface area contributed by atoms with Gasteiger partial charge in [-0.1, -0.05) is 33.1 Å². The van der Waals surface area contributed by atoms with Gasteiger partial charge in [-0.15, -0.1) is 0 Å². The lowest BCUT2D eigenvalue weighted by molar-refractivity contribution is 0.185. The summed E-state index contributed by atoms with van der Waals surface area (Å²) in [5.41, 5.74) is 0.753. The highest BCUT2D eigenvalue weighted by Crippen LogP contribution is 2.60. The first kappa shape index (κ1) is 6.69. The molecule has 58 valence electrons. The first-order chi connectivity index (χ1) is 4.76. The van der Waals surface area contributed by atoms with Gasteiger partial charge in [0.05, 0.1) is 0 Å². The molecule has 0 amide bonds. The Hall–Kier alpha value is 0. The zero-order chi connectivity index (χ0) is 7.19. The summed E-state index contributed by atoms with van der Waals surface area (Å²) in [5, 5.41) is 0. The maximum absolute atomic E-state index is 2.50. The van der Waals surface area contributed by atoms with Gasteiger partial charge < -0.3 is 0 Å². The monoisotopic (exact) mass is 138 g/mol. The number of hydrogen-bond acceptors (Lipinski definition) is 0. The minimum atomic E-state index is 0.753. The molecule has 2 aliphatic carbocycles. The van der Waals surface area contributed by atoms with Crippen LogP contribution in [0.25, 0.3) is 0 Å². The Bertz CT molecular complexity index is 139. The number of rotatable bonds is 1. The van der Waals surface area contributed by atoms with E-state index in [1.807, 2.05) is 0 Å². The number of fused-ring (bicyclic) bond motifs is 1. The Morgan fingerprint density at radius 1 is 1.50 bits per heavy atom. The molecule has 0 heteroatoms. The summed E-state index contributed by atoms with van der Waals surface area (Å²) in [6.07, 6.45) is 7.52. The Kier molecular flexibility index (Phi) is 1.33. The van der Waals surface area contributed by atoms with Crippen molar-refractivity contribution in [1.82, 2.24) is 0 Å². The second kappa shape index (κ2) is 1.99. The molecular weight excluding hydrogens is 120 g/mol. The lowest BCUT2D eigenvalue weighted by Gasteiger charge is -2.32. The lowest BCUT2D eigenvalue weighted by Crippen LogP contribution is -2.22. The molecule has 2 aliphatic rings. The van der Waals surface area contributed by atoms with Crippen molar-refractivity contribution in [2.75, 3.05) is 0 Å².